The van der Waals surface area contributed by atoms with E-state index in [9.17, 15) is 0 Å². The first-order chi connectivity index (χ1) is 9.24. The number of nitrogens with one attached hydrogen (secondary N) is 1. The van der Waals surface area contributed by atoms with Gasteiger partial charge >= 0.3 is 0 Å². The van der Waals surface area contributed by atoms with Gasteiger partial charge in [-0.3, -0.25) is 0 Å². The van der Waals surface area contributed by atoms with Crippen molar-refractivity contribution in [2.75, 3.05) is 5.32 Å². The zero-order valence-corrected chi connectivity index (χ0v) is 11.8. The van der Waals surface area contributed by atoms with Crippen LogP contribution < -0.4 is 5.32 Å². The summed E-state index contributed by atoms with van der Waals surface area (Å²) in [6, 6.07) is 4.66. The Morgan fingerprint density at radius 3 is 3.16 bits per heavy atom. The highest BCUT2D eigenvalue weighted by molar-refractivity contribution is 5.45. The Kier molecular flexibility index (Phi) is 3.40. The molecule has 0 spiro atoms. The van der Waals surface area contributed by atoms with Crippen molar-refractivity contribution in [3.05, 3.63) is 23.9 Å². The molecule has 2 aromatic heterocycles. The third-order valence-electron chi connectivity index (χ3n) is 4.19. The van der Waals surface area contributed by atoms with E-state index in [0.717, 1.165) is 17.5 Å². The van der Waals surface area contributed by atoms with Gasteiger partial charge < -0.3 is 5.32 Å². The first kappa shape index (κ1) is 12.5. The summed E-state index contributed by atoms with van der Waals surface area (Å²) in [7, 11) is 0. The van der Waals surface area contributed by atoms with Crippen LogP contribution in [0.3, 0.4) is 0 Å². The lowest BCUT2D eigenvalue weighted by atomic mass is 9.84. The van der Waals surface area contributed by atoms with Gasteiger partial charge in [-0.15, -0.1) is 5.10 Å². The average molecular weight is 258 g/mol. The van der Waals surface area contributed by atoms with E-state index >= 15 is 0 Å². The minimum Gasteiger partial charge on any atom is -0.350 e. The zero-order chi connectivity index (χ0) is 13.2. The molecule has 2 aromatic rings. The van der Waals surface area contributed by atoms with Crippen molar-refractivity contribution in [3.8, 4) is 0 Å². The summed E-state index contributed by atoms with van der Waals surface area (Å²) in [6.07, 6.45) is 8.46. The smallest absolute Gasteiger partial charge is 0.243 e. The molecule has 2 atom stereocenters. The lowest BCUT2D eigenvalue weighted by Gasteiger charge is -2.28. The summed E-state index contributed by atoms with van der Waals surface area (Å²) < 4.78 is 1.84. The van der Waals surface area contributed by atoms with Gasteiger partial charge in [-0.05, 0) is 43.4 Å². The van der Waals surface area contributed by atoms with Gasteiger partial charge in [-0.1, -0.05) is 26.2 Å². The van der Waals surface area contributed by atoms with Gasteiger partial charge in [0.1, 0.15) is 0 Å². The molecule has 1 fully saturated rings. The first-order valence-electron chi connectivity index (χ1n) is 7.34. The van der Waals surface area contributed by atoms with Crippen LogP contribution in [0, 0.1) is 12.8 Å². The molecule has 2 heterocycles. The van der Waals surface area contributed by atoms with Crippen molar-refractivity contribution in [2.45, 2.75) is 52.0 Å². The second kappa shape index (κ2) is 5.19. The number of aryl methyl sites for hydroxylation is 1. The molecule has 0 amide bonds. The van der Waals surface area contributed by atoms with Crippen molar-refractivity contribution >= 4 is 11.6 Å². The van der Waals surface area contributed by atoms with Crippen molar-refractivity contribution in [1.82, 2.24) is 14.6 Å². The number of hydrogen-bond acceptors (Lipinski definition) is 3. The lowest BCUT2D eigenvalue weighted by molar-refractivity contribution is 0.326. The van der Waals surface area contributed by atoms with E-state index in [1.165, 1.54) is 37.7 Å². The van der Waals surface area contributed by atoms with Gasteiger partial charge in [0.25, 0.3) is 0 Å². The SMILES string of the molecule is CCC1CCCC(Nc2nc3cc(C)ccn3n2)C1. The van der Waals surface area contributed by atoms with Gasteiger partial charge in [-0.2, -0.15) is 4.98 Å². The molecule has 0 aliphatic heterocycles. The van der Waals surface area contributed by atoms with E-state index in [1.54, 1.807) is 0 Å². The molecule has 2 unspecified atom stereocenters. The Bertz CT molecular complexity index is 560. The van der Waals surface area contributed by atoms with E-state index < -0.39 is 0 Å². The average Bonchev–Trinajstić information content (AvgIpc) is 2.80. The number of pyridine rings is 1. The normalized spacial score (nSPS) is 23.7. The lowest BCUT2D eigenvalue weighted by Crippen LogP contribution is -2.27. The zero-order valence-electron chi connectivity index (χ0n) is 11.8. The Morgan fingerprint density at radius 1 is 1.42 bits per heavy atom. The fourth-order valence-electron chi connectivity index (χ4n) is 3.02. The van der Waals surface area contributed by atoms with Crippen molar-refractivity contribution in [2.24, 2.45) is 5.92 Å². The minimum atomic E-state index is 0.539. The fraction of sp³-hybridized carbons (Fsp3) is 0.600. The quantitative estimate of drug-likeness (QED) is 0.917. The van der Waals surface area contributed by atoms with Crippen LogP contribution in [0.1, 0.15) is 44.6 Å². The molecular formula is C15H22N4. The van der Waals surface area contributed by atoms with Crippen LogP contribution in [-0.2, 0) is 0 Å². The highest BCUT2D eigenvalue weighted by Crippen LogP contribution is 2.28. The monoisotopic (exact) mass is 258 g/mol. The summed E-state index contributed by atoms with van der Waals surface area (Å²) in [5, 5.41) is 8.00. The van der Waals surface area contributed by atoms with Gasteiger partial charge in [0.2, 0.25) is 5.95 Å². The second-order valence-electron chi connectivity index (χ2n) is 5.72. The highest BCUT2D eigenvalue weighted by Gasteiger charge is 2.21. The number of aromatic nitrogens is 3. The maximum Gasteiger partial charge on any atom is 0.243 e. The van der Waals surface area contributed by atoms with Crippen LogP contribution in [0.15, 0.2) is 18.3 Å². The third-order valence-corrected chi connectivity index (χ3v) is 4.19. The second-order valence-corrected chi connectivity index (χ2v) is 5.72. The van der Waals surface area contributed by atoms with E-state index in [0.29, 0.717) is 6.04 Å². The van der Waals surface area contributed by atoms with Crippen LogP contribution in [0.4, 0.5) is 5.95 Å². The maximum atomic E-state index is 4.56. The summed E-state index contributed by atoms with van der Waals surface area (Å²) in [6.45, 7) is 4.37. The maximum absolute atomic E-state index is 4.56. The molecule has 4 nitrogen and oxygen atoms in total. The van der Waals surface area contributed by atoms with Crippen LogP contribution in [-0.4, -0.2) is 20.6 Å². The van der Waals surface area contributed by atoms with Crippen LogP contribution in [0.25, 0.3) is 5.65 Å². The van der Waals surface area contributed by atoms with Crippen molar-refractivity contribution in [3.63, 3.8) is 0 Å². The highest BCUT2D eigenvalue weighted by atomic mass is 15.3. The molecule has 0 aromatic carbocycles. The number of hydrogen-bond donors (Lipinski definition) is 1. The van der Waals surface area contributed by atoms with Crippen molar-refractivity contribution < 1.29 is 0 Å². The number of fused-ring (bicyclic) bond motifs is 1. The molecular weight excluding hydrogens is 236 g/mol. The molecule has 1 aliphatic carbocycles. The fourth-order valence-corrected chi connectivity index (χ4v) is 3.02. The Hall–Kier alpha value is -1.58. The van der Waals surface area contributed by atoms with E-state index in [2.05, 4.69) is 41.4 Å². The Morgan fingerprint density at radius 2 is 2.32 bits per heavy atom. The first-order valence-corrected chi connectivity index (χ1v) is 7.34. The Balaban J connectivity index is 1.74. The van der Waals surface area contributed by atoms with E-state index in [1.807, 2.05) is 10.7 Å². The molecule has 4 heteroatoms. The predicted octanol–water partition coefficient (Wildman–Crippen LogP) is 3.42. The number of anilines is 1. The predicted molar refractivity (Wildman–Crippen MR) is 77.4 cm³/mol. The molecule has 1 N–H and O–H groups in total. The summed E-state index contributed by atoms with van der Waals surface area (Å²) in [5.74, 6) is 1.64. The summed E-state index contributed by atoms with van der Waals surface area (Å²) in [4.78, 5) is 4.56. The van der Waals surface area contributed by atoms with Gasteiger partial charge in [0.15, 0.2) is 5.65 Å². The summed E-state index contributed by atoms with van der Waals surface area (Å²) >= 11 is 0. The molecule has 0 radical (unpaired) electrons. The number of rotatable bonds is 3. The standard InChI is InChI=1S/C15H22N4/c1-3-12-5-4-6-13(10-12)16-15-17-14-9-11(2)7-8-19(14)18-15/h7-9,12-13H,3-6,10H2,1-2H3,(H,16,18). The van der Waals surface area contributed by atoms with Gasteiger partial charge in [-0.25, -0.2) is 4.52 Å². The molecule has 102 valence electrons. The largest absolute Gasteiger partial charge is 0.350 e. The third kappa shape index (κ3) is 2.72. The molecule has 3 rings (SSSR count). The number of nitrogens with zero attached hydrogens (tertiary/aromatic N) is 3. The molecule has 19 heavy (non-hydrogen) atoms. The van der Waals surface area contributed by atoms with E-state index in [-0.39, 0.29) is 0 Å². The topological polar surface area (TPSA) is 42.2 Å². The van der Waals surface area contributed by atoms with Gasteiger partial charge in [0.05, 0.1) is 0 Å². The minimum absolute atomic E-state index is 0.539. The molecule has 0 saturated heterocycles. The molecule has 1 saturated carbocycles. The van der Waals surface area contributed by atoms with Crippen LogP contribution >= 0.6 is 0 Å². The van der Waals surface area contributed by atoms with E-state index in [4.69, 9.17) is 0 Å². The van der Waals surface area contributed by atoms with Crippen LogP contribution in [0.2, 0.25) is 0 Å². The molecule has 1 aliphatic rings. The Labute approximate surface area is 114 Å². The molecule has 0 bridgehead atoms. The van der Waals surface area contributed by atoms with Gasteiger partial charge in [0, 0.05) is 12.2 Å². The van der Waals surface area contributed by atoms with Crippen LogP contribution in [0.5, 0.6) is 0 Å². The summed E-state index contributed by atoms with van der Waals surface area (Å²) in [5.41, 5.74) is 2.14. The van der Waals surface area contributed by atoms with Crippen molar-refractivity contribution in [1.29, 1.82) is 0 Å².